The number of halogens is 1. The lowest BCUT2D eigenvalue weighted by Crippen LogP contribution is -2.49. The van der Waals surface area contributed by atoms with Crippen LogP contribution < -0.4 is 11.3 Å². The number of hydrogen-bond donors (Lipinski definition) is 2. The highest BCUT2D eigenvalue weighted by Crippen LogP contribution is 2.42. The van der Waals surface area contributed by atoms with Crippen molar-refractivity contribution in [3.05, 3.63) is 16.7 Å². The predicted molar refractivity (Wildman–Crippen MR) is 105 cm³/mol. The number of imidazole rings is 1. The van der Waals surface area contributed by atoms with E-state index in [1.807, 2.05) is 13.1 Å². The molecule has 28 heavy (non-hydrogen) atoms. The molecule has 3 rings (SSSR count). The first-order chi connectivity index (χ1) is 12.9. The molecular formula is C17H28FN5O4Si. The van der Waals surface area contributed by atoms with Gasteiger partial charge < -0.3 is 20.0 Å². The summed E-state index contributed by atoms with van der Waals surface area (Å²) in [6.07, 6.45) is -3.17. The summed E-state index contributed by atoms with van der Waals surface area (Å²) in [6, 6.07) is 0. The highest BCUT2D eigenvalue weighted by atomic mass is 28.4. The zero-order chi connectivity index (χ0) is 21.0. The lowest BCUT2D eigenvalue weighted by molar-refractivity contribution is -0.0445. The number of fused-ring (bicyclic) bond motifs is 1. The zero-order valence-corrected chi connectivity index (χ0v) is 18.0. The minimum absolute atomic E-state index is 0.0135. The maximum atomic E-state index is 15.4. The Morgan fingerprint density at radius 2 is 2.07 bits per heavy atom. The van der Waals surface area contributed by atoms with Crippen molar-refractivity contribution < 1.29 is 18.7 Å². The molecule has 0 saturated carbocycles. The fourth-order valence-electron chi connectivity index (χ4n) is 2.97. The molecule has 0 aromatic carbocycles. The molecule has 0 amide bonds. The lowest BCUT2D eigenvalue weighted by Gasteiger charge is -2.39. The van der Waals surface area contributed by atoms with E-state index in [2.05, 4.69) is 30.7 Å². The van der Waals surface area contributed by atoms with E-state index in [0.717, 1.165) is 0 Å². The quantitative estimate of drug-likeness (QED) is 0.726. The Morgan fingerprint density at radius 1 is 1.43 bits per heavy atom. The van der Waals surface area contributed by atoms with Crippen molar-refractivity contribution in [1.82, 2.24) is 19.1 Å². The van der Waals surface area contributed by atoms with Gasteiger partial charge >= 0.3 is 0 Å². The summed E-state index contributed by atoms with van der Waals surface area (Å²) in [7, 11) is -0.824. The van der Waals surface area contributed by atoms with Crippen LogP contribution in [-0.4, -0.2) is 57.5 Å². The van der Waals surface area contributed by atoms with Crippen LogP contribution in [0.15, 0.2) is 11.1 Å². The summed E-state index contributed by atoms with van der Waals surface area (Å²) in [5.41, 5.74) is 5.56. The average Bonchev–Trinajstić information content (AvgIpc) is 3.13. The van der Waals surface area contributed by atoms with Crippen LogP contribution in [0.1, 0.15) is 27.0 Å². The Morgan fingerprint density at radius 3 is 2.64 bits per heavy atom. The van der Waals surface area contributed by atoms with Crippen LogP contribution in [0.3, 0.4) is 0 Å². The summed E-state index contributed by atoms with van der Waals surface area (Å²) in [4.78, 5) is 20.5. The second-order valence-electron chi connectivity index (χ2n) is 8.69. The molecule has 1 aliphatic heterocycles. The number of aliphatic hydroxyl groups is 1. The Balaban J connectivity index is 1.99. The van der Waals surface area contributed by atoms with Crippen LogP contribution >= 0.6 is 0 Å². The van der Waals surface area contributed by atoms with E-state index in [4.69, 9.17) is 14.9 Å². The fourth-order valence-corrected chi connectivity index (χ4v) is 4.29. The van der Waals surface area contributed by atoms with Gasteiger partial charge in [0.2, 0.25) is 5.95 Å². The van der Waals surface area contributed by atoms with E-state index in [1.165, 1.54) is 22.5 Å². The summed E-state index contributed by atoms with van der Waals surface area (Å²) in [5.74, 6) is -0.0135. The van der Waals surface area contributed by atoms with Crippen molar-refractivity contribution in [3.8, 4) is 0 Å². The van der Waals surface area contributed by atoms with Gasteiger partial charge in [0.05, 0.1) is 12.9 Å². The average molecular weight is 414 g/mol. The smallest absolute Gasteiger partial charge is 0.282 e. The molecule has 156 valence electrons. The number of alkyl halides is 1. The summed E-state index contributed by atoms with van der Waals surface area (Å²) < 4.78 is 29.9. The van der Waals surface area contributed by atoms with Gasteiger partial charge in [-0.15, -0.1) is 0 Å². The van der Waals surface area contributed by atoms with Crippen molar-refractivity contribution in [3.63, 3.8) is 0 Å². The normalized spacial score (nSPS) is 26.3. The minimum Gasteiger partial charge on any atom is -0.408 e. The molecule has 0 radical (unpaired) electrons. The molecule has 1 unspecified atom stereocenters. The summed E-state index contributed by atoms with van der Waals surface area (Å²) in [5, 5.41) is 9.61. The highest BCUT2D eigenvalue weighted by Gasteiger charge is 2.51. The standard InChI is InChI=1S/C17H28FN5O4Si/c1-17(2,3)28(5,6)27-12-9(7-24)26-15(10(12)18)23-8-20-11-13(23)21-16(19)22(4)14(11)25/h8-10,12,15,24H,7H2,1-6H3,(H2,19,21)/t9-,10-,12?,15-/m1/s1. The van der Waals surface area contributed by atoms with Gasteiger partial charge in [0.15, 0.2) is 31.9 Å². The number of nitrogens with zero attached hydrogens (tertiary/aromatic N) is 4. The van der Waals surface area contributed by atoms with Crippen LogP contribution in [0.25, 0.3) is 11.2 Å². The third-order valence-electron chi connectivity index (χ3n) is 5.80. The molecule has 2 aromatic heterocycles. The van der Waals surface area contributed by atoms with E-state index in [1.54, 1.807) is 0 Å². The van der Waals surface area contributed by atoms with Crippen LogP contribution in [0, 0.1) is 0 Å². The maximum absolute atomic E-state index is 15.4. The Labute approximate surface area is 163 Å². The largest absolute Gasteiger partial charge is 0.408 e. The Kier molecular flexibility index (Phi) is 5.15. The van der Waals surface area contributed by atoms with E-state index in [0.29, 0.717) is 0 Å². The molecule has 0 spiro atoms. The predicted octanol–water partition coefficient (Wildman–Crippen LogP) is 1.33. The number of rotatable bonds is 4. The molecule has 0 bridgehead atoms. The molecule has 0 aliphatic carbocycles. The lowest BCUT2D eigenvalue weighted by atomic mass is 10.1. The molecule has 1 saturated heterocycles. The topological polar surface area (TPSA) is 117 Å². The van der Waals surface area contributed by atoms with Crippen molar-refractivity contribution >= 4 is 25.4 Å². The molecule has 11 heteroatoms. The monoisotopic (exact) mass is 413 g/mol. The van der Waals surface area contributed by atoms with E-state index < -0.39 is 38.5 Å². The molecule has 9 nitrogen and oxygen atoms in total. The number of aliphatic hydroxyl groups excluding tert-OH is 1. The number of aromatic nitrogens is 4. The zero-order valence-electron chi connectivity index (χ0n) is 17.0. The van der Waals surface area contributed by atoms with Crippen LogP contribution in [0.2, 0.25) is 18.1 Å². The van der Waals surface area contributed by atoms with Crippen molar-refractivity contribution in [2.75, 3.05) is 12.3 Å². The molecule has 1 fully saturated rings. The fraction of sp³-hybridized carbons (Fsp3) is 0.706. The second kappa shape index (κ2) is 6.90. The first-order valence-corrected chi connectivity index (χ1v) is 12.1. The molecule has 3 N–H and O–H groups in total. The van der Waals surface area contributed by atoms with Gasteiger partial charge in [-0.25, -0.2) is 9.37 Å². The van der Waals surface area contributed by atoms with Gasteiger partial charge in [-0.1, -0.05) is 20.8 Å². The second-order valence-corrected chi connectivity index (χ2v) is 13.4. The van der Waals surface area contributed by atoms with Gasteiger partial charge in [0, 0.05) is 7.05 Å². The third kappa shape index (κ3) is 3.25. The third-order valence-corrected chi connectivity index (χ3v) is 10.3. The van der Waals surface area contributed by atoms with E-state index >= 15 is 4.39 Å². The first-order valence-electron chi connectivity index (χ1n) is 9.16. The van der Waals surface area contributed by atoms with Gasteiger partial charge in [0.1, 0.15) is 12.2 Å². The van der Waals surface area contributed by atoms with Gasteiger partial charge in [-0.2, -0.15) is 4.98 Å². The van der Waals surface area contributed by atoms with Crippen LogP contribution in [0.4, 0.5) is 10.3 Å². The number of anilines is 1. The van der Waals surface area contributed by atoms with Crippen LogP contribution in [-0.2, 0) is 16.2 Å². The summed E-state index contributed by atoms with van der Waals surface area (Å²) >= 11 is 0. The van der Waals surface area contributed by atoms with Crippen molar-refractivity contribution in [2.24, 2.45) is 7.05 Å². The Bertz CT molecular complexity index is 938. The van der Waals surface area contributed by atoms with Crippen LogP contribution in [0.5, 0.6) is 0 Å². The minimum atomic E-state index is -2.31. The van der Waals surface area contributed by atoms with Crippen molar-refractivity contribution in [2.45, 2.75) is 63.5 Å². The first kappa shape index (κ1) is 20.9. The van der Waals surface area contributed by atoms with E-state index in [-0.39, 0.29) is 28.8 Å². The Hall–Kier alpha value is -1.82. The number of nitrogen functional groups attached to an aromatic ring is 1. The SMILES string of the molecule is Cn1c(N)nc2c(ncn2[C@@H]2O[C@H](CO)C(O[Si](C)(C)C(C)(C)C)[C@H]2F)c1=O. The molecule has 3 heterocycles. The van der Waals surface area contributed by atoms with E-state index in [9.17, 15) is 9.90 Å². The van der Waals surface area contributed by atoms with Crippen molar-refractivity contribution in [1.29, 1.82) is 0 Å². The summed E-state index contributed by atoms with van der Waals surface area (Å²) in [6.45, 7) is 9.80. The molecule has 1 aliphatic rings. The van der Waals surface area contributed by atoms with Gasteiger partial charge in [-0.05, 0) is 18.1 Å². The maximum Gasteiger partial charge on any atom is 0.282 e. The molecule has 4 atom stereocenters. The van der Waals surface area contributed by atoms with Gasteiger partial charge in [-0.3, -0.25) is 13.9 Å². The number of hydrogen-bond acceptors (Lipinski definition) is 7. The number of nitrogens with two attached hydrogens (primary N) is 1. The van der Waals surface area contributed by atoms with Gasteiger partial charge in [0.25, 0.3) is 5.56 Å². The molecule has 2 aromatic rings. The highest BCUT2D eigenvalue weighted by molar-refractivity contribution is 6.74. The molecular weight excluding hydrogens is 385 g/mol. The number of ether oxygens (including phenoxy) is 1.